The first-order valence-corrected chi connectivity index (χ1v) is 12.6. The molecule has 32 heavy (non-hydrogen) atoms. The van der Waals surface area contributed by atoms with Crippen molar-refractivity contribution in [2.24, 2.45) is 0 Å². The number of nitrogens with one attached hydrogen (secondary N) is 1. The monoisotopic (exact) mass is 449 g/mol. The minimum absolute atomic E-state index is 0.0351. The van der Waals surface area contributed by atoms with Crippen LogP contribution in [0, 0.1) is 0 Å². The van der Waals surface area contributed by atoms with Crippen molar-refractivity contribution in [3.05, 3.63) is 58.6 Å². The van der Waals surface area contributed by atoms with Gasteiger partial charge in [0.25, 0.3) is 5.91 Å². The van der Waals surface area contributed by atoms with Crippen molar-refractivity contribution in [2.45, 2.75) is 77.0 Å². The molecule has 0 saturated heterocycles. The minimum atomic E-state index is -0.947. The van der Waals surface area contributed by atoms with Gasteiger partial charge in [-0.2, -0.15) is 0 Å². The summed E-state index contributed by atoms with van der Waals surface area (Å²) in [4.78, 5) is 30.6. The third kappa shape index (κ3) is 3.64. The van der Waals surface area contributed by atoms with E-state index in [2.05, 4.69) is 22.9 Å². The van der Waals surface area contributed by atoms with Crippen LogP contribution in [0.5, 0.6) is 0 Å². The summed E-state index contributed by atoms with van der Waals surface area (Å²) >= 11 is 1.74. The van der Waals surface area contributed by atoms with Gasteiger partial charge in [0, 0.05) is 17.5 Å². The number of rotatable bonds is 5. The fourth-order valence-electron chi connectivity index (χ4n) is 5.16. The number of nitrogens with zero attached hydrogens (tertiary/aromatic N) is 2. The van der Waals surface area contributed by atoms with Gasteiger partial charge in [0.15, 0.2) is 0 Å². The summed E-state index contributed by atoms with van der Waals surface area (Å²) in [7, 11) is 0. The van der Waals surface area contributed by atoms with Crippen molar-refractivity contribution < 1.29 is 9.59 Å². The number of carbonyl (C=O) groups excluding carboxylic acids is 2. The Hall–Kier alpha value is -2.60. The Balaban J connectivity index is 1.54. The van der Waals surface area contributed by atoms with Gasteiger partial charge in [0.2, 0.25) is 5.91 Å². The summed E-state index contributed by atoms with van der Waals surface area (Å²) in [6, 6.07) is 14.4. The highest BCUT2D eigenvalue weighted by atomic mass is 32.1. The van der Waals surface area contributed by atoms with E-state index in [1.54, 1.807) is 16.2 Å². The summed E-state index contributed by atoms with van der Waals surface area (Å²) < 4.78 is 3.21. The molecule has 6 heteroatoms. The molecule has 1 atom stereocenters. The molecule has 1 aliphatic carbocycles. The molecule has 0 radical (unpaired) electrons. The normalized spacial score (nSPS) is 21.7. The van der Waals surface area contributed by atoms with Crippen molar-refractivity contribution in [1.82, 2.24) is 14.8 Å². The van der Waals surface area contributed by atoms with E-state index in [-0.39, 0.29) is 17.9 Å². The zero-order valence-corrected chi connectivity index (χ0v) is 19.7. The smallest absolute Gasteiger partial charge is 0.271 e. The minimum Gasteiger partial charge on any atom is -0.351 e. The van der Waals surface area contributed by atoms with Gasteiger partial charge in [-0.15, -0.1) is 11.3 Å². The lowest BCUT2D eigenvalue weighted by Crippen LogP contribution is -2.64. The molecule has 1 aromatic carbocycles. The number of hydrogen-bond donors (Lipinski definition) is 1. The first kappa shape index (κ1) is 21.3. The highest BCUT2D eigenvalue weighted by Crippen LogP contribution is 2.37. The van der Waals surface area contributed by atoms with E-state index in [0.29, 0.717) is 18.8 Å². The largest absolute Gasteiger partial charge is 0.351 e. The Bertz CT molecular complexity index is 1140. The van der Waals surface area contributed by atoms with E-state index in [1.807, 2.05) is 43.3 Å². The second-order valence-electron chi connectivity index (χ2n) is 9.39. The maximum absolute atomic E-state index is 13.8. The molecule has 3 aromatic rings. The number of aromatic nitrogens is 1. The number of aryl methyl sites for hydroxylation is 1. The van der Waals surface area contributed by atoms with Gasteiger partial charge in [-0.1, -0.05) is 56.5 Å². The molecule has 5 rings (SSSR count). The average molecular weight is 450 g/mol. The van der Waals surface area contributed by atoms with Gasteiger partial charge in [0.1, 0.15) is 11.2 Å². The second kappa shape index (κ2) is 8.39. The molecule has 1 aliphatic heterocycles. The predicted molar refractivity (Wildman–Crippen MR) is 129 cm³/mol. The van der Waals surface area contributed by atoms with Gasteiger partial charge in [-0.3, -0.25) is 9.59 Å². The molecular formula is C26H31N3O2S. The van der Waals surface area contributed by atoms with Crippen molar-refractivity contribution in [2.75, 3.05) is 0 Å². The molecule has 5 nitrogen and oxygen atoms in total. The Labute approximate surface area is 193 Å². The second-order valence-corrected chi connectivity index (χ2v) is 10.6. The van der Waals surface area contributed by atoms with E-state index in [0.717, 1.165) is 47.9 Å². The standard InChI is InChI=1S/C26H31N3O2S/c1-3-20-14-21-23(32-20)15-22-24(30)29(16-18-10-6-4-7-11-18)26(2,17-28(21)22)25(31)27-19-12-8-5-9-13-19/h4,6-7,10-11,14-15,19H,3,5,8-9,12-13,16-17H2,1-2H3,(H,27,31)/t26-/m0/s1. The van der Waals surface area contributed by atoms with E-state index in [9.17, 15) is 9.59 Å². The van der Waals surface area contributed by atoms with Crippen molar-refractivity contribution in [3.8, 4) is 0 Å². The SMILES string of the molecule is CCc1cc2c(cc3n2C[C@@](C)(C(=O)NC2CCCCC2)N(Cc2ccccc2)C3=O)s1. The Kier molecular flexibility index (Phi) is 5.58. The average Bonchev–Trinajstić information content (AvgIpc) is 3.36. The number of thiophene rings is 1. The van der Waals surface area contributed by atoms with Crippen molar-refractivity contribution >= 4 is 33.4 Å². The van der Waals surface area contributed by atoms with Gasteiger partial charge < -0.3 is 14.8 Å². The molecule has 3 heterocycles. The molecule has 2 amide bonds. The molecule has 0 unspecified atom stereocenters. The number of carbonyl (C=O) groups is 2. The Morgan fingerprint density at radius 2 is 1.91 bits per heavy atom. The number of hydrogen-bond acceptors (Lipinski definition) is 3. The maximum atomic E-state index is 13.8. The predicted octanol–water partition coefficient (Wildman–Crippen LogP) is 5.13. The fraction of sp³-hybridized carbons (Fsp3) is 0.462. The molecule has 1 N–H and O–H groups in total. The lowest BCUT2D eigenvalue weighted by Gasteiger charge is -2.45. The van der Waals surface area contributed by atoms with Gasteiger partial charge in [-0.25, -0.2) is 0 Å². The molecule has 168 valence electrons. The zero-order chi connectivity index (χ0) is 22.3. The van der Waals surface area contributed by atoms with Gasteiger partial charge in [0.05, 0.1) is 16.8 Å². The summed E-state index contributed by atoms with van der Waals surface area (Å²) in [6.07, 6.45) is 6.58. The molecular weight excluding hydrogens is 418 g/mol. The molecule has 2 aromatic heterocycles. The summed E-state index contributed by atoms with van der Waals surface area (Å²) in [5, 5.41) is 3.31. The third-order valence-corrected chi connectivity index (χ3v) is 8.34. The van der Waals surface area contributed by atoms with Gasteiger partial charge >= 0.3 is 0 Å². The van der Waals surface area contributed by atoms with Crippen LogP contribution in [-0.2, 0) is 24.3 Å². The maximum Gasteiger partial charge on any atom is 0.271 e. The Morgan fingerprint density at radius 3 is 2.62 bits per heavy atom. The summed E-state index contributed by atoms with van der Waals surface area (Å²) in [5.41, 5.74) is 1.85. The topological polar surface area (TPSA) is 54.3 Å². The molecule has 0 bridgehead atoms. The highest BCUT2D eigenvalue weighted by molar-refractivity contribution is 7.19. The zero-order valence-electron chi connectivity index (χ0n) is 18.9. The van der Waals surface area contributed by atoms with Gasteiger partial charge in [-0.05, 0) is 43.9 Å². The van der Waals surface area contributed by atoms with E-state index >= 15 is 0 Å². The first-order chi connectivity index (χ1) is 15.5. The highest BCUT2D eigenvalue weighted by Gasteiger charge is 2.48. The molecule has 2 aliphatic rings. The van der Waals surface area contributed by atoms with Crippen LogP contribution >= 0.6 is 11.3 Å². The molecule has 1 saturated carbocycles. The molecule has 0 spiro atoms. The van der Waals surface area contributed by atoms with Crippen LogP contribution < -0.4 is 5.32 Å². The van der Waals surface area contributed by atoms with Crippen molar-refractivity contribution in [3.63, 3.8) is 0 Å². The summed E-state index contributed by atoms with van der Waals surface area (Å²) in [6.45, 7) is 4.99. The van der Waals surface area contributed by atoms with Crippen LogP contribution in [-0.4, -0.2) is 32.9 Å². The van der Waals surface area contributed by atoms with Crippen LogP contribution in [0.1, 0.15) is 66.9 Å². The number of fused-ring (bicyclic) bond motifs is 3. The van der Waals surface area contributed by atoms with Crippen LogP contribution in [0.25, 0.3) is 10.2 Å². The molecule has 1 fully saturated rings. The first-order valence-electron chi connectivity index (χ1n) is 11.8. The third-order valence-electron chi connectivity index (χ3n) is 7.13. The van der Waals surface area contributed by atoms with Crippen LogP contribution in [0.3, 0.4) is 0 Å². The Morgan fingerprint density at radius 1 is 1.16 bits per heavy atom. The lowest BCUT2D eigenvalue weighted by molar-refractivity contribution is -0.134. The quantitative estimate of drug-likeness (QED) is 0.587. The fourth-order valence-corrected chi connectivity index (χ4v) is 6.21. The number of benzene rings is 1. The van der Waals surface area contributed by atoms with E-state index < -0.39 is 5.54 Å². The van der Waals surface area contributed by atoms with E-state index in [1.165, 1.54) is 11.3 Å². The van der Waals surface area contributed by atoms with E-state index in [4.69, 9.17) is 0 Å². The van der Waals surface area contributed by atoms with Crippen molar-refractivity contribution in [1.29, 1.82) is 0 Å². The van der Waals surface area contributed by atoms with Crippen LogP contribution in [0.15, 0.2) is 42.5 Å². The summed E-state index contributed by atoms with van der Waals surface area (Å²) in [5.74, 6) is -0.102. The van der Waals surface area contributed by atoms with Crippen LogP contribution in [0.2, 0.25) is 0 Å². The van der Waals surface area contributed by atoms with Crippen LogP contribution in [0.4, 0.5) is 0 Å². The number of amides is 2. The lowest BCUT2D eigenvalue weighted by atomic mass is 9.91.